The second kappa shape index (κ2) is 6.69. The normalized spacial score (nSPS) is 19.1. The minimum atomic E-state index is 0.317. The van der Waals surface area contributed by atoms with Crippen molar-refractivity contribution in [2.24, 2.45) is 0 Å². The first-order chi connectivity index (χ1) is 8.36. The van der Waals surface area contributed by atoms with Gasteiger partial charge in [0, 0.05) is 38.4 Å². The molecule has 94 valence electrons. The lowest BCUT2D eigenvalue weighted by Gasteiger charge is -2.27. The molecule has 1 saturated heterocycles. The Kier molecular flexibility index (Phi) is 4.91. The number of rotatable bonds is 5. The zero-order valence-corrected chi connectivity index (χ0v) is 10.4. The second-order valence-corrected chi connectivity index (χ2v) is 4.38. The third kappa shape index (κ3) is 4.07. The highest BCUT2D eigenvalue weighted by molar-refractivity contribution is 5.07. The van der Waals surface area contributed by atoms with E-state index in [1.807, 2.05) is 18.3 Å². The first-order valence-electron chi connectivity index (χ1n) is 6.30. The van der Waals surface area contributed by atoms with Crippen molar-refractivity contribution in [3.63, 3.8) is 0 Å². The summed E-state index contributed by atoms with van der Waals surface area (Å²) < 4.78 is 5.32. The van der Waals surface area contributed by atoms with Crippen LogP contribution in [-0.4, -0.2) is 49.3 Å². The Morgan fingerprint density at radius 3 is 2.94 bits per heavy atom. The molecule has 0 amide bonds. The maximum Gasteiger partial charge on any atom is 0.0594 e. The van der Waals surface area contributed by atoms with E-state index in [-0.39, 0.29) is 0 Å². The molecule has 4 nitrogen and oxygen atoms in total. The van der Waals surface area contributed by atoms with Gasteiger partial charge in [-0.25, -0.2) is 0 Å². The van der Waals surface area contributed by atoms with E-state index in [2.05, 4.69) is 28.2 Å². The summed E-state index contributed by atoms with van der Waals surface area (Å²) in [5, 5.41) is 3.50. The molecule has 0 saturated carbocycles. The van der Waals surface area contributed by atoms with E-state index in [0.29, 0.717) is 6.04 Å². The van der Waals surface area contributed by atoms with Crippen LogP contribution < -0.4 is 5.32 Å². The molecule has 0 spiro atoms. The minimum absolute atomic E-state index is 0.317. The van der Waals surface area contributed by atoms with Crippen LogP contribution in [0.5, 0.6) is 0 Å². The van der Waals surface area contributed by atoms with Gasteiger partial charge in [0.2, 0.25) is 0 Å². The molecule has 1 aromatic heterocycles. The Hall–Kier alpha value is -0.970. The van der Waals surface area contributed by atoms with Gasteiger partial charge in [-0.05, 0) is 19.1 Å². The van der Waals surface area contributed by atoms with Crippen LogP contribution in [0, 0.1) is 0 Å². The Morgan fingerprint density at radius 1 is 1.41 bits per heavy atom. The van der Waals surface area contributed by atoms with Gasteiger partial charge >= 0.3 is 0 Å². The van der Waals surface area contributed by atoms with Gasteiger partial charge in [-0.1, -0.05) is 6.07 Å². The number of aromatic nitrogens is 1. The molecule has 0 bridgehead atoms. The highest BCUT2D eigenvalue weighted by atomic mass is 16.5. The smallest absolute Gasteiger partial charge is 0.0594 e. The first kappa shape index (κ1) is 12.5. The lowest BCUT2D eigenvalue weighted by molar-refractivity contribution is 0.0382. The fraction of sp³-hybridized carbons (Fsp3) is 0.615. The molecule has 1 aromatic rings. The molecule has 2 rings (SSSR count). The molecule has 1 fully saturated rings. The quantitative estimate of drug-likeness (QED) is 0.828. The fourth-order valence-electron chi connectivity index (χ4n) is 2.00. The molecule has 0 aliphatic carbocycles. The molecule has 17 heavy (non-hydrogen) atoms. The van der Waals surface area contributed by atoms with Crippen LogP contribution in [0.2, 0.25) is 0 Å². The van der Waals surface area contributed by atoms with Gasteiger partial charge in [0.05, 0.1) is 18.9 Å². The molecule has 0 radical (unpaired) electrons. The van der Waals surface area contributed by atoms with Crippen molar-refractivity contribution in [3.8, 4) is 0 Å². The molecule has 4 heteroatoms. The van der Waals surface area contributed by atoms with Gasteiger partial charge < -0.3 is 10.1 Å². The number of nitrogens with zero attached hydrogens (tertiary/aromatic N) is 2. The topological polar surface area (TPSA) is 37.4 Å². The van der Waals surface area contributed by atoms with E-state index in [0.717, 1.165) is 45.1 Å². The summed E-state index contributed by atoms with van der Waals surface area (Å²) in [6, 6.07) is 6.36. The molecular weight excluding hydrogens is 214 g/mol. The van der Waals surface area contributed by atoms with Crippen LogP contribution in [0.25, 0.3) is 0 Å². The third-order valence-electron chi connectivity index (χ3n) is 3.11. The minimum Gasteiger partial charge on any atom is -0.379 e. The molecule has 2 heterocycles. The number of ether oxygens (including phenoxy) is 1. The summed E-state index contributed by atoms with van der Waals surface area (Å²) >= 11 is 0. The number of hydrogen-bond donors (Lipinski definition) is 1. The van der Waals surface area contributed by atoms with Crippen molar-refractivity contribution in [2.75, 3.05) is 39.4 Å². The predicted octanol–water partition coefficient (Wildman–Crippen LogP) is 1.06. The Morgan fingerprint density at radius 2 is 2.24 bits per heavy atom. The Labute approximate surface area is 103 Å². The van der Waals surface area contributed by atoms with Gasteiger partial charge in [-0.2, -0.15) is 0 Å². The number of pyridine rings is 1. The lowest BCUT2D eigenvalue weighted by atomic mass is 10.2. The lowest BCUT2D eigenvalue weighted by Crippen LogP contribution is -2.40. The maximum absolute atomic E-state index is 5.32. The highest BCUT2D eigenvalue weighted by Crippen LogP contribution is 2.07. The SMILES string of the molecule is C[C@H](NCCN1CCOCC1)c1ccccn1. The Bertz CT molecular complexity index is 312. The van der Waals surface area contributed by atoms with Crippen molar-refractivity contribution in [1.82, 2.24) is 15.2 Å². The average Bonchev–Trinajstić information content (AvgIpc) is 2.41. The van der Waals surface area contributed by atoms with E-state index in [4.69, 9.17) is 4.74 Å². The fourth-order valence-corrected chi connectivity index (χ4v) is 2.00. The highest BCUT2D eigenvalue weighted by Gasteiger charge is 2.10. The van der Waals surface area contributed by atoms with Crippen LogP contribution in [-0.2, 0) is 4.74 Å². The molecule has 0 aromatic carbocycles. The summed E-state index contributed by atoms with van der Waals surface area (Å²) in [5.41, 5.74) is 1.11. The van der Waals surface area contributed by atoms with Gasteiger partial charge in [-0.3, -0.25) is 9.88 Å². The molecule has 0 unspecified atom stereocenters. The number of nitrogens with one attached hydrogen (secondary N) is 1. The molecule has 1 aliphatic rings. The second-order valence-electron chi connectivity index (χ2n) is 4.38. The maximum atomic E-state index is 5.32. The third-order valence-corrected chi connectivity index (χ3v) is 3.11. The van der Waals surface area contributed by atoms with E-state index in [1.165, 1.54) is 0 Å². The van der Waals surface area contributed by atoms with E-state index >= 15 is 0 Å². The number of hydrogen-bond acceptors (Lipinski definition) is 4. The zero-order chi connectivity index (χ0) is 11.9. The molecule has 1 atom stereocenters. The van der Waals surface area contributed by atoms with Gasteiger partial charge in [-0.15, -0.1) is 0 Å². The standard InChI is InChI=1S/C13H21N3O/c1-12(13-4-2-3-5-15-13)14-6-7-16-8-10-17-11-9-16/h2-5,12,14H,6-11H2,1H3/t12-/m0/s1. The van der Waals surface area contributed by atoms with Crippen molar-refractivity contribution < 1.29 is 4.74 Å². The van der Waals surface area contributed by atoms with Crippen LogP contribution in [0.4, 0.5) is 0 Å². The first-order valence-corrected chi connectivity index (χ1v) is 6.30. The van der Waals surface area contributed by atoms with Gasteiger partial charge in [0.15, 0.2) is 0 Å². The zero-order valence-electron chi connectivity index (χ0n) is 10.4. The van der Waals surface area contributed by atoms with Gasteiger partial charge in [0.1, 0.15) is 0 Å². The molecular formula is C13H21N3O. The van der Waals surface area contributed by atoms with E-state index in [9.17, 15) is 0 Å². The molecule has 1 aliphatic heterocycles. The molecule has 1 N–H and O–H groups in total. The Balaban J connectivity index is 1.67. The average molecular weight is 235 g/mol. The summed E-state index contributed by atoms with van der Waals surface area (Å²) in [6.07, 6.45) is 1.84. The van der Waals surface area contributed by atoms with Crippen molar-refractivity contribution in [3.05, 3.63) is 30.1 Å². The van der Waals surface area contributed by atoms with Crippen molar-refractivity contribution >= 4 is 0 Å². The summed E-state index contributed by atoms with van der Waals surface area (Å²) in [4.78, 5) is 6.78. The van der Waals surface area contributed by atoms with Gasteiger partial charge in [0.25, 0.3) is 0 Å². The monoisotopic (exact) mass is 235 g/mol. The van der Waals surface area contributed by atoms with Crippen molar-refractivity contribution in [2.45, 2.75) is 13.0 Å². The van der Waals surface area contributed by atoms with Crippen LogP contribution >= 0.6 is 0 Å². The van der Waals surface area contributed by atoms with E-state index in [1.54, 1.807) is 0 Å². The predicted molar refractivity (Wildman–Crippen MR) is 67.9 cm³/mol. The number of morpholine rings is 1. The summed E-state index contributed by atoms with van der Waals surface area (Å²) in [7, 11) is 0. The van der Waals surface area contributed by atoms with Crippen LogP contribution in [0.3, 0.4) is 0 Å². The summed E-state index contributed by atoms with van der Waals surface area (Å²) in [6.45, 7) is 8.09. The van der Waals surface area contributed by atoms with Crippen LogP contribution in [0.15, 0.2) is 24.4 Å². The van der Waals surface area contributed by atoms with E-state index < -0.39 is 0 Å². The van der Waals surface area contributed by atoms with Crippen molar-refractivity contribution in [1.29, 1.82) is 0 Å². The van der Waals surface area contributed by atoms with Crippen LogP contribution in [0.1, 0.15) is 18.7 Å². The summed E-state index contributed by atoms with van der Waals surface area (Å²) in [5.74, 6) is 0. The largest absolute Gasteiger partial charge is 0.379 e.